The number of nitrogens with zero attached hydrogens (tertiary/aromatic N) is 1. The Morgan fingerprint density at radius 2 is 1.38 bits per heavy atom. The van der Waals surface area contributed by atoms with Gasteiger partial charge in [0, 0.05) is 18.0 Å². The molecular weight excluding hydrogens is 526 g/mol. The standard InChI is InChI=1S/C35H49N3O4/c1-23(2)28(22-24(3)33(41)42)38(10)32(40)30(34(4,5)6)37-31(39)29(36-9)35(7,8)27-20-18-26(19-21-27)17-16-25-14-12-11-13-15-25/h11-23,28-30,36H,1-10H3,(H,37,39)(H,41,42)/t28-,29+,30-/m1/s1. The highest BCUT2D eigenvalue weighted by atomic mass is 16.4. The Hall–Kier alpha value is -3.71. The van der Waals surface area contributed by atoms with Gasteiger partial charge in [-0.1, -0.05) is 121 Å². The lowest BCUT2D eigenvalue weighted by molar-refractivity contribution is -0.141. The molecule has 42 heavy (non-hydrogen) atoms. The number of carbonyl (C=O) groups excluding carboxylic acids is 2. The minimum atomic E-state index is -1.03. The van der Waals surface area contributed by atoms with Gasteiger partial charge in [0.25, 0.3) is 0 Å². The summed E-state index contributed by atoms with van der Waals surface area (Å²) in [5, 5.41) is 15.6. The molecule has 3 atom stereocenters. The quantitative estimate of drug-likeness (QED) is 0.221. The zero-order chi connectivity index (χ0) is 31.8. The Morgan fingerprint density at radius 1 is 0.857 bits per heavy atom. The normalized spacial score (nSPS) is 14.9. The molecule has 0 saturated carbocycles. The average molecular weight is 576 g/mol. The zero-order valence-electron chi connectivity index (χ0n) is 26.9. The second-order valence-corrected chi connectivity index (χ2v) is 13.0. The Kier molecular flexibility index (Phi) is 11.9. The maximum absolute atomic E-state index is 13.9. The van der Waals surface area contributed by atoms with Gasteiger partial charge >= 0.3 is 5.97 Å². The fourth-order valence-corrected chi connectivity index (χ4v) is 5.07. The minimum absolute atomic E-state index is 0.0286. The van der Waals surface area contributed by atoms with Gasteiger partial charge in [-0.05, 0) is 42.0 Å². The molecule has 0 spiro atoms. The third-order valence-corrected chi connectivity index (χ3v) is 7.83. The second-order valence-electron chi connectivity index (χ2n) is 13.0. The van der Waals surface area contributed by atoms with Crippen LogP contribution < -0.4 is 10.6 Å². The molecule has 0 fully saturated rings. The van der Waals surface area contributed by atoms with E-state index in [-0.39, 0.29) is 23.3 Å². The average Bonchev–Trinajstić information content (AvgIpc) is 2.92. The van der Waals surface area contributed by atoms with Gasteiger partial charge in [0.05, 0.1) is 12.1 Å². The lowest BCUT2D eigenvalue weighted by Crippen LogP contribution is -2.61. The van der Waals surface area contributed by atoms with Crippen LogP contribution in [0.2, 0.25) is 0 Å². The summed E-state index contributed by atoms with van der Waals surface area (Å²) in [5.41, 5.74) is 2.14. The molecule has 0 aliphatic rings. The summed E-state index contributed by atoms with van der Waals surface area (Å²) in [7, 11) is 3.41. The number of rotatable bonds is 12. The van der Waals surface area contributed by atoms with Crippen LogP contribution in [0.25, 0.3) is 12.2 Å². The van der Waals surface area contributed by atoms with E-state index in [0.717, 1.165) is 16.7 Å². The molecule has 2 amide bonds. The molecule has 228 valence electrons. The van der Waals surface area contributed by atoms with E-state index < -0.39 is 34.9 Å². The zero-order valence-corrected chi connectivity index (χ0v) is 26.9. The number of likely N-dealkylation sites (N-methyl/N-ethyl adjacent to an activating group) is 2. The number of aliphatic carboxylic acids is 1. The van der Waals surface area contributed by atoms with Crippen LogP contribution in [0.4, 0.5) is 0 Å². The van der Waals surface area contributed by atoms with Gasteiger partial charge in [-0.2, -0.15) is 0 Å². The van der Waals surface area contributed by atoms with E-state index in [9.17, 15) is 19.5 Å². The first-order valence-corrected chi connectivity index (χ1v) is 14.5. The molecule has 2 aromatic rings. The van der Waals surface area contributed by atoms with Gasteiger partial charge in [0.15, 0.2) is 0 Å². The first-order valence-electron chi connectivity index (χ1n) is 14.5. The number of nitrogens with one attached hydrogen (secondary N) is 2. The van der Waals surface area contributed by atoms with Gasteiger partial charge in [0.2, 0.25) is 11.8 Å². The van der Waals surface area contributed by atoms with Crippen molar-refractivity contribution in [3.8, 4) is 0 Å². The van der Waals surface area contributed by atoms with E-state index in [1.165, 1.54) is 6.92 Å². The van der Waals surface area contributed by atoms with Gasteiger partial charge in [-0.15, -0.1) is 0 Å². The molecule has 0 aliphatic heterocycles. The molecule has 3 N–H and O–H groups in total. The van der Waals surface area contributed by atoms with Crippen molar-refractivity contribution in [3.05, 3.63) is 82.9 Å². The number of benzene rings is 2. The van der Waals surface area contributed by atoms with Crippen LogP contribution in [0.1, 0.15) is 72.1 Å². The van der Waals surface area contributed by atoms with Gasteiger partial charge in [-0.3, -0.25) is 9.59 Å². The van der Waals surface area contributed by atoms with Gasteiger partial charge in [0.1, 0.15) is 6.04 Å². The Balaban J connectivity index is 2.30. The lowest BCUT2D eigenvalue weighted by Gasteiger charge is -2.40. The predicted octanol–water partition coefficient (Wildman–Crippen LogP) is 5.77. The van der Waals surface area contributed by atoms with Crippen molar-refractivity contribution in [2.75, 3.05) is 14.1 Å². The molecule has 2 aromatic carbocycles. The maximum Gasteiger partial charge on any atom is 0.331 e. The van der Waals surface area contributed by atoms with E-state index in [1.807, 2.05) is 103 Å². The Morgan fingerprint density at radius 3 is 1.83 bits per heavy atom. The van der Waals surface area contributed by atoms with Crippen LogP contribution in [0.15, 0.2) is 66.2 Å². The van der Waals surface area contributed by atoms with E-state index in [2.05, 4.69) is 22.8 Å². The fourth-order valence-electron chi connectivity index (χ4n) is 5.07. The molecule has 0 heterocycles. The summed E-state index contributed by atoms with van der Waals surface area (Å²) < 4.78 is 0. The maximum atomic E-state index is 13.9. The number of carbonyl (C=O) groups is 3. The SMILES string of the molecule is CN[C@@H](C(=O)N[C@H](C(=O)N(C)[C@H](C=C(C)C(=O)O)C(C)C)C(C)(C)C)C(C)(C)c1ccc(C=Cc2ccccc2)cc1. The monoisotopic (exact) mass is 575 g/mol. The van der Waals surface area contributed by atoms with Crippen LogP contribution in [0, 0.1) is 11.3 Å². The topological polar surface area (TPSA) is 98.7 Å². The lowest BCUT2D eigenvalue weighted by atomic mass is 9.76. The third kappa shape index (κ3) is 8.89. The summed E-state index contributed by atoms with van der Waals surface area (Å²) in [6.07, 6.45) is 5.72. The highest BCUT2D eigenvalue weighted by Gasteiger charge is 2.41. The fraction of sp³-hybridized carbons (Fsp3) is 0.457. The highest BCUT2D eigenvalue weighted by Crippen LogP contribution is 2.30. The summed E-state index contributed by atoms with van der Waals surface area (Å²) in [6, 6.07) is 16.3. The Labute approximate surface area is 252 Å². The van der Waals surface area contributed by atoms with Crippen molar-refractivity contribution in [1.29, 1.82) is 0 Å². The molecule has 0 saturated heterocycles. The van der Waals surface area contributed by atoms with Gasteiger partial charge < -0.3 is 20.6 Å². The van der Waals surface area contributed by atoms with Crippen molar-refractivity contribution < 1.29 is 19.5 Å². The van der Waals surface area contributed by atoms with Crippen molar-refractivity contribution in [2.24, 2.45) is 11.3 Å². The Bertz CT molecular complexity index is 1270. The van der Waals surface area contributed by atoms with Crippen molar-refractivity contribution in [3.63, 3.8) is 0 Å². The molecular formula is C35H49N3O4. The van der Waals surface area contributed by atoms with Crippen LogP contribution in [0.3, 0.4) is 0 Å². The molecule has 0 aliphatic carbocycles. The smallest absolute Gasteiger partial charge is 0.331 e. The molecule has 2 rings (SSSR count). The molecule has 0 bridgehead atoms. The predicted molar refractivity (Wildman–Crippen MR) is 172 cm³/mol. The number of carboxylic acid groups (broad SMARTS) is 1. The first kappa shape index (κ1) is 34.5. The van der Waals surface area contributed by atoms with E-state index in [4.69, 9.17) is 0 Å². The number of hydrogen-bond acceptors (Lipinski definition) is 4. The number of carboxylic acids is 1. The van der Waals surface area contributed by atoms with E-state index in [1.54, 1.807) is 25.1 Å². The van der Waals surface area contributed by atoms with Crippen LogP contribution >= 0.6 is 0 Å². The van der Waals surface area contributed by atoms with Crippen molar-refractivity contribution in [2.45, 2.75) is 78.9 Å². The molecule has 0 aromatic heterocycles. The van der Waals surface area contributed by atoms with E-state index >= 15 is 0 Å². The summed E-state index contributed by atoms with van der Waals surface area (Å²) >= 11 is 0. The summed E-state index contributed by atoms with van der Waals surface area (Å²) in [4.78, 5) is 40.7. The molecule has 0 radical (unpaired) electrons. The van der Waals surface area contributed by atoms with Crippen LogP contribution in [-0.4, -0.2) is 60.0 Å². The highest BCUT2D eigenvalue weighted by molar-refractivity contribution is 5.91. The largest absolute Gasteiger partial charge is 0.478 e. The van der Waals surface area contributed by atoms with Crippen molar-refractivity contribution >= 4 is 29.9 Å². The van der Waals surface area contributed by atoms with E-state index in [0.29, 0.717) is 0 Å². The summed E-state index contributed by atoms with van der Waals surface area (Å²) in [6.45, 7) is 15.1. The third-order valence-electron chi connectivity index (χ3n) is 7.83. The molecule has 7 nitrogen and oxygen atoms in total. The molecule has 7 heteroatoms. The number of hydrogen-bond donors (Lipinski definition) is 3. The van der Waals surface area contributed by atoms with Crippen LogP contribution in [-0.2, 0) is 19.8 Å². The van der Waals surface area contributed by atoms with Gasteiger partial charge in [-0.25, -0.2) is 4.79 Å². The second kappa shape index (κ2) is 14.5. The van der Waals surface area contributed by atoms with Crippen LogP contribution in [0.5, 0.6) is 0 Å². The minimum Gasteiger partial charge on any atom is -0.478 e. The van der Waals surface area contributed by atoms with Crippen molar-refractivity contribution in [1.82, 2.24) is 15.5 Å². The summed E-state index contributed by atoms with van der Waals surface area (Å²) in [5.74, 6) is -1.61. The number of amides is 2. The molecule has 0 unspecified atom stereocenters. The first-order chi connectivity index (χ1) is 19.5.